The molecule has 3 heteroatoms. The first-order valence-corrected chi connectivity index (χ1v) is 5.36. The molecule has 2 heterocycles. The summed E-state index contributed by atoms with van der Waals surface area (Å²) in [6, 6.07) is 3.78. The molecular weight excluding hydrogens is 190 g/mol. The summed E-state index contributed by atoms with van der Waals surface area (Å²) in [6.45, 7) is 4.86. The van der Waals surface area contributed by atoms with Crippen molar-refractivity contribution < 1.29 is 9.47 Å². The van der Waals surface area contributed by atoms with Gasteiger partial charge < -0.3 is 9.47 Å². The molecule has 1 aromatic heterocycles. The zero-order valence-electron chi connectivity index (χ0n) is 9.27. The van der Waals surface area contributed by atoms with Crippen LogP contribution in [0.3, 0.4) is 0 Å². The molecule has 1 aliphatic rings. The van der Waals surface area contributed by atoms with E-state index in [1.807, 2.05) is 12.1 Å². The van der Waals surface area contributed by atoms with E-state index in [4.69, 9.17) is 9.47 Å². The predicted molar refractivity (Wildman–Crippen MR) is 57.9 cm³/mol. The summed E-state index contributed by atoms with van der Waals surface area (Å²) >= 11 is 0. The quantitative estimate of drug-likeness (QED) is 0.762. The van der Waals surface area contributed by atoms with Crippen molar-refractivity contribution in [1.29, 1.82) is 0 Å². The van der Waals surface area contributed by atoms with Gasteiger partial charge in [-0.05, 0) is 38.8 Å². The molecule has 0 spiro atoms. The van der Waals surface area contributed by atoms with Crippen LogP contribution in [0.5, 0.6) is 5.75 Å². The van der Waals surface area contributed by atoms with E-state index in [2.05, 4.69) is 18.8 Å². The van der Waals surface area contributed by atoms with E-state index >= 15 is 0 Å². The van der Waals surface area contributed by atoms with Crippen LogP contribution in [0.2, 0.25) is 0 Å². The molecule has 3 nitrogen and oxygen atoms in total. The molecule has 15 heavy (non-hydrogen) atoms. The van der Waals surface area contributed by atoms with Gasteiger partial charge in [-0.25, -0.2) is 0 Å². The summed E-state index contributed by atoms with van der Waals surface area (Å²) in [4.78, 5) is 3.99. The average molecular weight is 207 g/mol. The maximum Gasteiger partial charge on any atom is 0.137 e. The Balaban J connectivity index is 1.80. The van der Waals surface area contributed by atoms with Crippen molar-refractivity contribution in [2.45, 2.75) is 38.4 Å². The summed E-state index contributed by atoms with van der Waals surface area (Å²) in [7, 11) is 0. The van der Waals surface area contributed by atoms with Gasteiger partial charge in [-0.3, -0.25) is 4.98 Å². The van der Waals surface area contributed by atoms with E-state index in [-0.39, 0.29) is 11.7 Å². The van der Waals surface area contributed by atoms with Crippen molar-refractivity contribution in [2.75, 3.05) is 6.61 Å². The Kier molecular flexibility index (Phi) is 2.91. The smallest absolute Gasteiger partial charge is 0.137 e. The van der Waals surface area contributed by atoms with Gasteiger partial charge in [-0.15, -0.1) is 0 Å². The Bertz CT molecular complexity index is 311. The lowest BCUT2D eigenvalue weighted by molar-refractivity contribution is -0.0326. The highest BCUT2D eigenvalue weighted by Gasteiger charge is 2.31. The standard InChI is InChI=1S/C12H17NO2/c1-12(2)6-5-11(15-12)9-14-10-4-3-7-13-8-10/h3-4,7-8,11H,5-6,9H2,1-2H3. The van der Waals surface area contributed by atoms with Crippen molar-refractivity contribution in [2.24, 2.45) is 0 Å². The van der Waals surface area contributed by atoms with Gasteiger partial charge in [-0.2, -0.15) is 0 Å². The van der Waals surface area contributed by atoms with Crippen molar-refractivity contribution in [1.82, 2.24) is 4.98 Å². The first kappa shape index (κ1) is 10.4. The molecule has 1 aliphatic heterocycles. The predicted octanol–water partition coefficient (Wildman–Crippen LogP) is 2.42. The van der Waals surface area contributed by atoms with Gasteiger partial charge in [0.2, 0.25) is 0 Å². The van der Waals surface area contributed by atoms with Crippen LogP contribution in [0.15, 0.2) is 24.5 Å². The Morgan fingerprint density at radius 1 is 1.60 bits per heavy atom. The lowest BCUT2D eigenvalue weighted by atomic mass is 10.1. The molecule has 1 saturated heterocycles. The number of nitrogens with zero attached hydrogens (tertiary/aromatic N) is 1. The van der Waals surface area contributed by atoms with E-state index in [9.17, 15) is 0 Å². The molecular formula is C12H17NO2. The monoisotopic (exact) mass is 207 g/mol. The molecule has 0 saturated carbocycles. The van der Waals surface area contributed by atoms with Crippen molar-refractivity contribution in [3.63, 3.8) is 0 Å². The van der Waals surface area contributed by atoms with E-state index in [0.717, 1.165) is 18.6 Å². The number of aromatic nitrogens is 1. The van der Waals surface area contributed by atoms with Gasteiger partial charge >= 0.3 is 0 Å². The summed E-state index contributed by atoms with van der Waals surface area (Å²) in [5.41, 5.74) is 0.0168. The Morgan fingerprint density at radius 2 is 2.47 bits per heavy atom. The highest BCUT2D eigenvalue weighted by Crippen LogP contribution is 2.29. The molecule has 0 amide bonds. The van der Waals surface area contributed by atoms with Crippen LogP contribution in [-0.2, 0) is 4.74 Å². The second-order valence-corrected chi connectivity index (χ2v) is 4.54. The SMILES string of the molecule is CC1(C)CCC(COc2cccnc2)O1. The molecule has 0 aromatic carbocycles. The average Bonchev–Trinajstić information content (AvgIpc) is 2.57. The summed E-state index contributed by atoms with van der Waals surface area (Å²) in [5, 5.41) is 0. The Labute approximate surface area is 90.4 Å². The maximum absolute atomic E-state index is 5.83. The molecule has 82 valence electrons. The Morgan fingerprint density at radius 3 is 3.07 bits per heavy atom. The molecule has 1 atom stereocenters. The fraction of sp³-hybridized carbons (Fsp3) is 0.583. The first-order valence-electron chi connectivity index (χ1n) is 5.36. The van der Waals surface area contributed by atoms with Gasteiger partial charge in [0.05, 0.1) is 17.9 Å². The summed E-state index contributed by atoms with van der Waals surface area (Å²) in [6.07, 6.45) is 5.86. The highest BCUT2D eigenvalue weighted by atomic mass is 16.6. The van der Waals surface area contributed by atoms with Crippen LogP contribution < -0.4 is 4.74 Å². The molecule has 1 fully saturated rings. The first-order chi connectivity index (χ1) is 7.16. The molecule has 2 rings (SSSR count). The number of rotatable bonds is 3. The van der Waals surface area contributed by atoms with Crippen LogP contribution in [0.25, 0.3) is 0 Å². The summed E-state index contributed by atoms with van der Waals surface area (Å²) in [5.74, 6) is 0.811. The minimum absolute atomic E-state index is 0.0168. The van der Waals surface area contributed by atoms with Gasteiger partial charge in [0, 0.05) is 6.20 Å². The maximum atomic E-state index is 5.83. The molecule has 1 unspecified atom stereocenters. The van der Waals surface area contributed by atoms with Crippen LogP contribution in [-0.4, -0.2) is 23.3 Å². The lowest BCUT2D eigenvalue weighted by Gasteiger charge is -2.19. The van der Waals surface area contributed by atoms with Gasteiger partial charge in [0.25, 0.3) is 0 Å². The molecule has 0 aliphatic carbocycles. The Hall–Kier alpha value is -1.09. The number of ether oxygens (including phenoxy) is 2. The third kappa shape index (κ3) is 2.93. The minimum atomic E-state index is 0.0168. The van der Waals surface area contributed by atoms with Crippen LogP contribution in [0.1, 0.15) is 26.7 Å². The molecule has 0 radical (unpaired) electrons. The van der Waals surface area contributed by atoms with E-state index in [0.29, 0.717) is 6.61 Å². The summed E-state index contributed by atoms with van der Waals surface area (Å²) < 4.78 is 11.4. The third-order valence-electron chi connectivity index (χ3n) is 2.62. The third-order valence-corrected chi connectivity index (χ3v) is 2.62. The van der Waals surface area contributed by atoms with E-state index < -0.39 is 0 Å². The van der Waals surface area contributed by atoms with Gasteiger partial charge in [0.1, 0.15) is 12.4 Å². The van der Waals surface area contributed by atoms with Gasteiger partial charge in [-0.1, -0.05) is 0 Å². The van der Waals surface area contributed by atoms with E-state index in [1.54, 1.807) is 12.4 Å². The fourth-order valence-electron chi connectivity index (χ4n) is 1.82. The van der Waals surface area contributed by atoms with Crippen molar-refractivity contribution in [3.8, 4) is 5.75 Å². The number of hydrogen-bond acceptors (Lipinski definition) is 3. The molecule has 0 bridgehead atoms. The number of hydrogen-bond donors (Lipinski definition) is 0. The van der Waals surface area contributed by atoms with Crippen LogP contribution in [0.4, 0.5) is 0 Å². The normalized spacial score (nSPS) is 24.0. The fourth-order valence-corrected chi connectivity index (χ4v) is 1.82. The van der Waals surface area contributed by atoms with Crippen molar-refractivity contribution >= 4 is 0 Å². The highest BCUT2D eigenvalue weighted by molar-refractivity contribution is 5.15. The zero-order valence-corrected chi connectivity index (χ0v) is 9.27. The lowest BCUT2D eigenvalue weighted by Crippen LogP contribution is -2.23. The minimum Gasteiger partial charge on any atom is -0.489 e. The molecule has 0 N–H and O–H groups in total. The topological polar surface area (TPSA) is 31.4 Å². The zero-order chi connectivity index (χ0) is 10.7. The molecule has 1 aromatic rings. The second kappa shape index (κ2) is 4.19. The largest absolute Gasteiger partial charge is 0.489 e. The number of pyridine rings is 1. The van der Waals surface area contributed by atoms with E-state index in [1.165, 1.54) is 0 Å². The van der Waals surface area contributed by atoms with Gasteiger partial charge in [0.15, 0.2) is 0 Å². The van der Waals surface area contributed by atoms with Crippen LogP contribution >= 0.6 is 0 Å². The van der Waals surface area contributed by atoms with Crippen molar-refractivity contribution in [3.05, 3.63) is 24.5 Å². The second-order valence-electron chi connectivity index (χ2n) is 4.54. The van der Waals surface area contributed by atoms with Crippen LogP contribution in [0, 0.1) is 0 Å².